The lowest BCUT2D eigenvalue weighted by molar-refractivity contribution is 0.475. The lowest BCUT2D eigenvalue weighted by atomic mass is 10.2. The molecule has 0 heterocycles. The van der Waals surface area contributed by atoms with E-state index in [0.717, 1.165) is 11.4 Å². The Kier molecular flexibility index (Phi) is 2.75. The Bertz CT molecular complexity index is 526. The Morgan fingerprint density at radius 3 is 2.38 bits per heavy atom. The average molecular weight is 210 g/mol. The van der Waals surface area contributed by atoms with E-state index in [0.29, 0.717) is 5.56 Å². The summed E-state index contributed by atoms with van der Waals surface area (Å²) in [4.78, 5) is 0. The number of hydrogen-bond donors (Lipinski definition) is 2. The number of nitriles is 1. The number of anilines is 2. The van der Waals surface area contributed by atoms with Crippen molar-refractivity contribution in [3.05, 3.63) is 54.1 Å². The Morgan fingerprint density at radius 1 is 1.00 bits per heavy atom. The van der Waals surface area contributed by atoms with Gasteiger partial charge in [-0.05, 0) is 36.4 Å². The molecule has 0 bridgehead atoms. The molecule has 0 unspecified atom stereocenters. The van der Waals surface area contributed by atoms with Crippen molar-refractivity contribution in [2.24, 2.45) is 0 Å². The first kappa shape index (κ1) is 10.1. The fraction of sp³-hybridized carbons (Fsp3) is 0. The third-order valence-corrected chi connectivity index (χ3v) is 2.19. The fourth-order valence-electron chi connectivity index (χ4n) is 1.39. The first-order valence-corrected chi connectivity index (χ1v) is 4.85. The fourth-order valence-corrected chi connectivity index (χ4v) is 1.39. The van der Waals surface area contributed by atoms with Crippen molar-refractivity contribution in [2.75, 3.05) is 5.32 Å². The number of nitrogens with one attached hydrogen (secondary N) is 1. The van der Waals surface area contributed by atoms with Gasteiger partial charge in [0.2, 0.25) is 0 Å². The highest BCUT2D eigenvalue weighted by Gasteiger charge is 2.00. The highest BCUT2D eigenvalue weighted by molar-refractivity contribution is 5.66. The summed E-state index contributed by atoms with van der Waals surface area (Å²) >= 11 is 0. The van der Waals surface area contributed by atoms with Crippen molar-refractivity contribution in [1.29, 1.82) is 5.26 Å². The summed E-state index contributed by atoms with van der Waals surface area (Å²) < 4.78 is 0. The molecule has 2 rings (SSSR count). The third kappa shape index (κ3) is 2.12. The van der Waals surface area contributed by atoms with Crippen LogP contribution in [0.1, 0.15) is 5.56 Å². The molecule has 0 aliphatic heterocycles. The van der Waals surface area contributed by atoms with Crippen LogP contribution in [0.3, 0.4) is 0 Å². The number of hydrogen-bond acceptors (Lipinski definition) is 3. The average Bonchev–Trinajstić information content (AvgIpc) is 2.33. The van der Waals surface area contributed by atoms with Crippen LogP contribution in [0.15, 0.2) is 48.5 Å². The van der Waals surface area contributed by atoms with Crippen molar-refractivity contribution in [1.82, 2.24) is 0 Å². The van der Waals surface area contributed by atoms with Gasteiger partial charge in [0, 0.05) is 5.69 Å². The SMILES string of the molecule is N#Cc1ccccc1Nc1ccc(O)cc1. The van der Waals surface area contributed by atoms with E-state index in [2.05, 4.69) is 11.4 Å². The Hall–Kier alpha value is -2.47. The summed E-state index contributed by atoms with van der Waals surface area (Å²) in [6, 6.07) is 16.1. The molecule has 0 saturated carbocycles. The molecule has 16 heavy (non-hydrogen) atoms. The second-order valence-corrected chi connectivity index (χ2v) is 3.33. The molecule has 0 spiro atoms. The number of para-hydroxylation sites is 1. The molecule has 3 nitrogen and oxygen atoms in total. The van der Waals surface area contributed by atoms with E-state index in [9.17, 15) is 0 Å². The van der Waals surface area contributed by atoms with Gasteiger partial charge in [-0.1, -0.05) is 12.1 Å². The molecule has 0 aliphatic rings. The van der Waals surface area contributed by atoms with E-state index in [-0.39, 0.29) is 5.75 Å². The maximum Gasteiger partial charge on any atom is 0.115 e. The van der Waals surface area contributed by atoms with Crippen LogP contribution in [0, 0.1) is 11.3 Å². The van der Waals surface area contributed by atoms with Gasteiger partial charge in [-0.25, -0.2) is 0 Å². The highest BCUT2D eigenvalue weighted by Crippen LogP contribution is 2.21. The van der Waals surface area contributed by atoms with Crippen LogP contribution in [0.5, 0.6) is 5.75 Å². The topological polar surface area (TPSA) is 56.0 Å². The van der Waals surface area contributed by atoms with Crippen LogP contribution in [-0.4, -0.2) is 5.11 Å². The van der Waals surface area contributed by atoms with Crippen LogP contribution >= 0.6 is 0 Å². The minimum atomic E-state index is 0.221. The molecule has 0 saturated heterocycles. The van der Waals surface area contributed by atoms with E-state index in [1.54, 1.807) is 30.3 Å². The first-order valence-electron chi connectivity index (χ1n) is 4.85. The largest absolute Gasteiger partial charge is 0.508 e. The summed E-state index contributed by atoms with van der Waals surface area (Å²) in [5, 5.41) is 21.2. The quantitative estimate of drug-likeness (QED) is 0.749. The van der Waals surface area contributed by atoms with Gasteiger partial charge in [-0.2, -0.15) is 5.26 Å². The number of aromatic hydroxyl groups is 1. The molecule has 0 amide bonds. The summed E-state index contributed by atoms with van der Waals surface area (Å²) in [5.41, 5.74) is 2.19. The van der Waals surface area contributed by atoms with E-state index >= 15 is 0 Å². The maximum atomic E-state index is 9.14. The van der Waals surface area contributed by atoms with Crippen LogP contribution in [0.4, 0.5) is 11.4 Å². The second kappa shape index (κ2) is 4.37. The van der Waals surface area contributed by atoms with Gasteiger partial charge in [-0.15, -0.1) is 0 Å². The van der Waals surface area contributed by atoms with Crippen LogP contribution in [0.25, 0.3) is 0 Å². The molecular weight excluding hydrogens is 200 g/mol. The third-order valence-electron chi connectivity index (χ3n) is 2.19. The minimum absolute atomic E-state index is 0.221. The zero-order valence-electron chi connectivity index (χ0n) is 8.51. The maximum absolute atomic E-state index is 9.14. The number of phenolic OH excluding ortho intramolecular Hbond substituents is 1. The van der Waals surface area contributed by atoms with Crippen LogP contribution in [0.2, 0.25) is 0 Å². The van der Waals surface area contributed by atoms with Crippen molar-refractivity contribution < 1.29 is 5.11 Å². The van der Waals surface area contributed by atoms with Gasteiger partial charge < -0.3 is 10.4 Å². The lowest BCUT2D eigenvalue weighted by Gasteiger charge is -2.07. The molecule has 0 radical (unpaired) electrons. The molecule has 2 aromatic carbocycles. The zero-order valence-corrected chi connectivity index (χ0v) is 8.51. The Labute approximate surface area is 93.6 Å². The molecule has 2 N–H and O–H groups in total. The highest BCUT2D eigenvalue weighted by atomic mass is 16.3. The summed E-state index contributed by atoms with van der Waals surface area (Å²) in [7, 11) is 0. The van der Waals surface area contributed by atoms with Crippen molar-refractivity contribution in [3.63, 3.8) is 0 Å². The van der Waals surface area contributed by atoms with E-state index in [1.807, 2.05) is 18.2 Å². The molecule has 78 valence electrons. The van der Waals surface area contributed by atoms with Gasteiger partial charge in [0.1, 0.15) is 11.8 Å². The van der Waals surface area contributed by atoms with E-state index in [1.165, 1.54) is 0 Å². The monoisotopic (exact) mass is 210 g/mol. The van der Waals surface area contributed by atoms with Crippen LogP contribution < -0.4 is 5.32 Å². The normalized spacial score (nSPS) is 9.44. The molecule has 0 fully saturated rings. The van der Waals surface area contributed by atoms with Gasteiger partial charge in [0.25, 0.3) is 0 Å². The minimum Gasteiger partial charge on any atom is -0.508 e. The molecular formula is C13H10N2O. The smallest absolute Gasteiger partial charge is 0.115 e. The molecule has 3 heteroatoms. The number of nitrogens with zero attached hydrogens (tertiary/aromatic N) is 1. The van der Waals surface area contributed by atoms with Crippen molar-refractivity contribution in [2.45, 2.75) is 0 Å². The summed E-state index contributed by atoms with van der Waals surface area (Å²) in [6.45, 7) is 0. The Balaban J connectivity index is 2.27. The zero-order chi connectivity index (χ0) is 11.4. The number of phenols is 1. The Morgan fingerprint density at radius 2 is 1.69 bits per heavy atom. The van der Waals surface area contributed by atoms with Crippen molar-refractivity contribution >= 4 is 11.4 Å². The van der Waals surface area contributed by atoms with Gasteiger partial charge in [-0.3, -0.25) is 0 Å². The molecule has 0 atom stereocenters. The lowest BCUT2D eigenvalue weighted by Crippen LogP contribution is -1.92. The second-order valence-electron chi connectivity index (χ2n) is 3.33. The predicted molar refractivity (Wildman–Crippen MR) is 62.5 cm³/mol. The number of rotatable bonds is 2. The van der Waals surface area contributed by atoms with Gasteiger partial charge in [0.05, 0.1) is 11.3 Å². The van der Waals surface area contributed by atoms with E-state index in [4.69, 9.17) is 10.4 Å². The summed E-state index contributed by atoms with van der Waals surface area (Å²) in [5.74, 6) is 0.221. The van der Waals surface area contributed by atoms with E-state index < -0.39 is 0 Å². The molecule has 2 aromatic rings. The first-order chi connectivity index (χ1) is 7.79. The van der Waals surface area contributed by atoms with Crippen molar-refractivity contribution in [3.8, 4) is 11.8 Å². The number of benzene rings is 2. The van der Waals surface area contributed by atoms with Crippen LogP contribution in [-0.2, 0) is 0 Å². The predicted octanol–water partition coefficient (Wildman–Crippen LogP) is 3.01. The molecule has 0 aromatic heterocycles. The standard InChI is InChI=1S/C13H10N2O/c14-9-10-3-1-2-4-13(10)15-11-5-7-12(16)8-6-11/h1-8,15-16H. The van der Waals surface area contributed by atoms with Gasteiger partial charge >= 0.3 is 0 Å². The van der Waals surface area contributed by atoms with Gasteiger partial charge in [0.15, 0.2) is 0 Å². The molecule has 0 aliphatic carbocycles. The summed E-state index contributed by atoms with van der Waals surface area (Å²) in [6.07, 6.45) is 0.